The van der Waals surface area contributed by atoms with E-state index in [0.717, 1.165) is 26.1 Å². The lowest BCUT2D eigenvalue weighted by Gasteiger charge is -2.07. The number of rotatable bonds is 0. The molecule has 0 bridgehead atoms. The Balaban J connectivity index is 0. The van der Waals surface area contributed by atoms with Gasteiger partial charge in [0.25, 0.3) is 0 Å². The zero-order valence-electron chi connectivity index (χ0n) is 7.52. The van der Waals surface area contributed by atoms with E-state index in [-0.39, 0.29) is 12.4 Å². The van der Waals surface area contributed by atoms with Crippen LogP contribution in [0.5, 0.6) is 0 Å². The summed E-state index contributed by atoms with van der Waals surface area (Å²) in [6.07, 6.45) is 2.31. The van der Waals surface area contributed by atoms with Crippen LogP contribution in [-0.2, 0) is 9.78 Å². The van der Waals surface area contributed by atoms with Crippen LogP contribution in [0.1, 0.15) is 12.8 Å². The van der Waals surface area contributed by atoms with Gasteiger partial charge in [-0.2, -0.15) is 0 Å². The van der Waals surface area contributed by atoms with Crippen LogP contribution < -0.4 is 17.3 Å². The third-order valence-corrected chi connectivity index (χ3v) is 0.789. The van der Waals surface area contributed by atoms with E-state index in [0.29, 0.717) is 0 Å². The molecule has 0 aromatic heterocycles. The minimum atomic E-state index is 0. The topological polar surface area (TPSA) is 22.9 Å². The summed E-state index contributed by atoms with van der Waals surface area (Å²) in [5.41, 5.74) is 0. The minimum Gasteiger partial charge on any atom is -1.00 e. The van der Waals surface area contributed by atoms with Gasteiger partial charge in [-0.15, -0.1) is 0 Å². The Labute approximate surface area is 75.0 Å². The zero-order chi connectivity index (χ0) is 7.82. The van der Waals surface area contributed by atoms with Crippen LogP contribution >= 0.6 is 0 Å². The quantitative estimate of drug-likeness (QED) is 0.394. The molecule has 0 amide bonds. The smallest absolute Gasteiger partial charge is 0.0823 e. The van der Waals surface area contributed by atoms with Crippen LogP contribution in [0.25, 0.3) is 0 Å². The fourth-order valence-electron chi connectivity index (χ4n) is 0.440. The van der Waals surface area contributed by atoms with Gasteiger partial charge in [-0.3, -0.25) is 0 Å². The van der Waals surface area contributed by atoms with Crippen molar-refractivity contribution in [2.75, 3.05) is 34.4 Å². The van der Waals surface area contributed by atoms with Gasteiger partial charge in [0.05, 0.1) is 34.4 Å². The van der Waals surface area contributed by atoms with Crippen molar-refractivity contribution in [3.8, 4) is 0 Å². The third kappa shape index (κ3) is 17.8. The summed E-state index contributed by atoms with van der Waals surface area (Å²) in [6.45, 7) is 1.56. The fraction of sp³-hybridized carbons (Fsp3) is 1.00. The Morgan fingerprint density at radius 3 is 1.27 bits per heavy atom. The summed E-state index contributed by atoms with van der Waals surface area (Å²) >= 11 is 0. The van der Waals surface area contributed by atoms with Crippen molar-refractivity contribution in [1.82, 2.24) is 0 Å². The molecule has 1 heterocycles. The van der Waals surface area contributed by atoms with Gasteiger partial charge in [0.1, 0.15) is 0 Å². The van der Waals surface area contributed by atoms with Gasteiger partial charge in [0.15, 0.2) is 0 Å². The van der Waals surface area contributed by atoms with Crippen LogP contribution in [0.4, 0.5) is 0 Å². The molecule has 0 atom stereocenters. The maximum absolute atomic E-state index is 4.57. The number of halogens is 1. The SMILES string of the molecule is C1CCOOC1.C[NH+](C)C.[Cl-]. The minimum absolute atomic E-state index is 0. The maximum atomic E-state index is 4.57. The first kappa shape index (κ1) is 13.7. The van der Waals surface area contributed by atoms with Gasteiger partial charge in [-0.25, -0.2) is 9.78 Å². The highest BCUT2D eigenvalue weighted by molar-refractivity contribution is 4.36. The Bertz CT molecular complexity index is 53.2. The molecule has 0 unspecified atom stereocenters. The lowest BCUT2D eigenvalue weighted by Crippen LogP contribution is -3.02. The molecule has 1 fully saturated rings. The Morgan fingerprint density at radius 1 is 0.909 bits per heavy atom. The molecule has 3 nitrogen and oxygen atoms in total. The van der Waals surface area contributed by atoms with Crippen LogP contribution in [0.3, 0.4) is 0 Å². The molecule has 1 aliphatic rings. The Hall–Kier alpha value is 0.170. The first-order valence-corrected chi connectivity index (χ1v) is 3.74. The summed E-state index contributed by atoms with van der Waals surface area (Å²) in [7, 11) is 6.25. The Kier molecular flexibility index (Phi) is 12.7. The van der Waals surface area contributed by atoms with E-state index >= 15 is 0 Å². The highest BCUT2D eigenvalue weighted by Gasteiger charge is 1.95. The first-order valence-electron chi connectivity index (χ1n) is 3.74. The molecular formula is C7H18ClNO2. The predicted octanol–water partition coefficient (Wildman–Crippen LogP) is -3.51. The molecule has 70 valence electrons. The van der Waals surface area contributed by atoms with Crippen LogP contribution in [0, 0.1) is 0 Å². The van der Waals surface area contributed by atoms with Gasteiger partial charge >= 0.3 is 0 Å². The molecule has 1 saturated heterocycles. The fourth-order valence-corrected chi connectivity index (χ4v) is 0.440. The lowest BCUT2D eigenvalue weighted by molar-refractivity contribution is -0.836. The van der Waals surface area contributed by atoms with Gasteiger partial charge in [-0.1, -0.05) is 0 Å². The number of nitrogens with one attached hydrogen (secondary N) is 1. The molecular weight excluding hydrogens is 166 g/mol. The molecule has 0 radical (unpaired) electrons. The predicted molar refractivity (Wildman–Crippen MR) is 39.9 cm³/mol. The van der Waals surface area contributed by atoms with Crippen molar-refractivity contribution < 1.29 is 27.1 Å². The highest BCUT2D eigenvalue weighted by atomic mass is 35.5. The standard InChI is InChI=1S/C4H8O2.C3H9N.ClH/c1-2-4-6-5-3-1;1-4(2)3;/h1-4H2;1-3H3;1H. The van der Waals surface area contributed by atoms with Crippen molar-refractivity contribution in [2.24, 2.45) is 0 Å². The van der Waals surface area contributed by atoms with Crippen molar-refractivity contribution in [1.29, 1.82) is 0 Å². The van der Waals surface area contributed by atoms with Gasteiger partial charge in [0, 0.05) is 0 Å². The van der Waals surface area contributed by atoms with E-state index < -0.39 is 0 Å². The first-order chi connectivity index (χ1) is 4.73. The van der Waals surface area contributed by atoms with Crippen LogP contribution in [-0.4, -0.2) is 34.4 Å². The molecule has 0 aromatic carbocycles. The largest absolute Gasteiger partial charge is 1.00 e. The number of hydrogen-bond donors (Lipinski definition) is 1. The summed E-state index contributed by atoms with van der Waals surface area (Å²) in [5, 5.41) is 0. The second-order valence-electron chi connectivity index (χ2n) is 2.85. The van der Waals surface area contributed by atoms with E-state index in [9.17, 15) is 0 Å². The maximum Gasteiger partial charge on any atom is 0.0823 e. The molecule has 0 aliphatic carbocycles. The van der Waals surface area contributed by atoms with Crippen LogP contribution in [0.2, 0.25) is 0 Å². The normalized spacial score (nSPS) is 16.4. The van der Waals surface area contributed by atoms with E-state index in [1.807, 2.05) is 0 Å². The van der Waals surface area contributed by atoms with Gasteiger partial charge in [-0.05, 0) is 12.8 Å². The second kappa shape index (κ2) is 10.2. The van der Waals surface area contributed by atoms with Crippen LogP contribution in [0.15, 0.2) is 0 Å². The monoisotopic (exact) mass is 183 g/mol. The second-order valence-corrected chi connectivity index (χ2v) is 2.85. The molecule has 1 N–H and O–H groups in total. The molecule has 1 rings (SSSR count). The molecule has 0 aromatic rings. The number of hydrogen-bond acceptors (Lipinski definition) is 2. The van der Waals surface area contributed by atoms with Gasteiger partial charge < -0.3 is 17.3 Å². The van der Waals surface area contributed by atoms with E-state index in [2.05, 4.69) is 30.9 Å². The molecule has 0 spiro atoms. The summed E-state index contributed by atoms with van der Waals surface area (Å²) in [6, 6.07) is 0. The molecule has 1 aliphatic heterocycles. The summed E-state index contributed by atoms with van der Waals surface area (Å²) in [5.74, 6) is 0. The van der Waals surface area contributed by atoms with E-state index in [1.165, 1.54) is 4.90 Å². The van der Waals surface area contributed by atoms with Gasteiger partial charge in [0.2, 0.25) is 0 Å². The molecule has 4 heteroatoms. The number of quaternary nitrogens is 1. The summed E-state index contributed by atoms with van der Waals surface area (Å²) < 4.78 is 0. The zero-order valence-corrected chi connectivity index (χ0v) is 8.28. The summed E-state index contributed by atoms with van der Waals surface area (Å²) in [4.78, 5) is 10.6. The molecule has 0 saturated carbocycles. The third-order valence-electron chi connectivity index (χ3n) is 0.789. The Morgan fingerprint density at radius 2 is 1.18 bits per heavy atom. The van der Waals surface area contributed by atoms with Crippen molar-refractivity contribution in [3.63, 3.8) is 0 Å². The average molecular weight is 184 g/mol. The lowest BCUT2D eigenvalue weighted by atomic mass is 10.3. The van der Waals surface area contributed by atoms with E-state index in [4.69, 9.17) is 0 Å². The average Bonchev–Trinajstić information content (AvgIpc) is 1.90. The van der Waals surface area contributed by atoms with Crippen molar-refractivity contribution >= 4 is 0 Å². The molecule has 11 heavy (non-hydrogen) atoms. The van der Waals surface area contributed by atoms with E-state index in [1.54, 1.807) is 0 Å². The van der Waals surface area contributed by atoms with Crippen molar-refractivity contribution in [3.05, 3.63) is 0 Å². The highest BCUT2D eigenvalue weighted by Crippen LogP contribution is 1.97. The van der Waals surface area contributed by atoms with Crippen molar-refractivity contribution in [2.45, 2.75) is 12.8 Å².